The number of rotatable bonds is 6. The molecule has 1 heterocycles. The number of amides is 1. The molecule has 156 valence electrons. The molecule has 0 spiro atoms. The van der Waals surface area contributed by atoms with Crippen LogP contribution in [0.2, 0.25) is 0 Å². The van der Waals surface area contributed by atoms with Gasteiger partial charge in [-0.1, -0.05) is 28.1 Å². The number of esters is 1. The molecule has 1 aliphatic carbocycles. The molecule has 1 aliphatic rings. The Bertz CT molecular complexity index is 1140. The Balaban J connectivity index is 1.64. The summed E-state index contributed by atoms with van der Waals surface area (Å²) >= 11 is 4.98. The molecule has 5 nitrogen and oxygen atoms in total. The lowest BCUT2D eigenvalue weighted by atomic mass is 10.0. The fourth-order valence-corrected chi connectivity index (χ4v) is 5.63. The maximum Gasteiger partial charge on any atom is 0.341 e. The van der Waals surface area contributed by atoms with Crippen molar-refractivity contribution in [1.29, 1.82) is 0 Å². The number of hydrogen-bond donors (Lipinski definition) is 1. The van der Waals surface area contributed by atoms with Gasteiger partial charge in [0.05, 0.1) is 25.7 Å². The monoisotopic (exact) mass is 487 g/mol. The highest BCUT2D eigenvalue weighted by molar-refractivity contribution is 9.10. The van der Waals surface area contributed by atoms with Crippen molar-refractivity contribution < 1.29 is 19.1 Å². The second kappa shape index (κ2) is 8.78. The highest BCUT2D eigenvalue weighted by Crippen LogP contribution is 2.40. The Morgan fingerprint density at radius 2 is 2.03 bits per heavy atom. The third kappa shape index (κ3) is 3.96. The molecule has 0 fully saturated rings. The number of ether oxygens (including phenoxy) is 2. The van der Waals surface area contributed by atoms with Gasteiger partial charge in [0.25, 0.3) is 0 Å². The van der Waals surface area contributed by atoms with Crippen molar-refractivity contribution in [3.63, 3.8) is 0 Å². The summed E-state index contributed by atoms with van der Waals surface area (Å²) in [6.45, 7) is 2.09. The predicted octanol–water partition coefficient (Wildman–Crippen LogP) is 5.52. The van der Waals surface area contributed by atoms with Crippen molar-refractivity contribution in [3.05, 3.63) is 56.4 Å². The first-order valence-electron chi connectivity index (χ1n) is 9.88. The Morgan fingerprint density at radius 1 is 1.20 bits per heavy atom. The molecule has 3 aromatic rings. The number of methoxy groups -OCH3 is 1. The molecule has 4 rings (SSSR count). The molecule has 0 bridgehead atoms. The van der Waals surface area contributed by atoms with Gasteiger partial charge in [0.15, 0.2) is 0 Å². The molecule has 0 radical (unpaired) electrons. The van der Waals surface area contributed by atoms with Gasteiger partial charge in [0, 0.05) is 14.9 Å². The molecule has 1 amide bonds. The van der Waals surface area contributed by atoms with Crippen LogP contribution in [0.4, 0.5) is 5.00 Å². The van der Waals surface area contributed by atoms with Gasteiger partial charge in [-0.3, -0.25) is 4.79 Å². The van der Waals surface area contributed by atoms with Gasteiger partial charge in [-0.25, -0.2) is 4.79 Å². The summed E-state index contributed by atoms with van der Waals surface area (Å²) in [5.41, 5.74) is 2.37. The first-order chi connectivity index (χ1) is 14.5. The summed E-state index contributed by atoms with van der Waals surface area (Å²) in [5.74, 6) is 0.119. The molecule has 0 aliphatic heterocycles. The minimum Gasteiger partial charge on any atom is -0.496 e. The van der Waals surface area contributed by atoms with Crippen molar-refractivity contribution in [2.24, 2.45) is 0 Å². The minimum atomic E-state index is -0.361. The number of halogens is 1. The number of thiophene rings is 1. The van der Waals surface area contributed by atoms with Crippen LogP contribution >= 0.6 is 27.3 Å². The van der Waals surface area contributed by atoms with Gasteiger partial charge in [0.2, 0.25) is 5.91 Å². The number of hydrogen-bond acceptors (Lipinski definition) is 5. The third-order valence-electron chi connectivity index (χ3n) is 5.26. The average Bonchev–Trinajstić information content (AvgIpc) is 3.28. The Kier molecular flexibility index (Phi) is 6.11. The summed E-state index contributed by atoms with van der Waals surface area (Å²) in [6.07, 6.45) is 2.97. The lowest BCUT2D eigenvalue weighted by molar-refractivity contribution is -0.115. The van der Waals surface area contributed by atoms with E-state index in [2.05, 4.69) is 21.2 Å². The smallest absolute Gasteiger partial charge is 0.341 e. The Labute approximate surface area is 187 Å². The van der Waals surface area contributed by atoms with E-state index < -0.39 is 0 Å². The lowest BCUT2D eigenvalue weighted by Crippen LogP contribution is -2.17. The maximum atomic E-state index is 13.0. The van der Waals surface area contributed by atoms with E-state index in [0.717, 1.165) is 45.6 Å². The molecule has 0 unspecified atom stereocenters. The van der Waals surface area contributed by atoms with Gasteiger partial charge in [-0.15, -0.1) is 11.3 Å². The summed E-state index contributed by atoms with van der Waals surface area (Å²) in [7, 11) is 1.60. The van der Waals surface area contributed by atoms with Gasteiger partial charge in [-0.05, 0) is 60.7 Å². The van der Waals surface area contributed by atoms with Crippen LogP contribution in [0, 0.1) is 0 Å². The van der Waals surface area contributed by atoms with Gasteiger partial charge < -0.3 is 14.8 Å². The van der Waals surface area contributed by atoms with Crippen LogP contribution in [0.15, 0.2) is 34.8 Å². The number of aryl methyl sites for hydroxylation is 1. The van der Waals surface area contributed by atoms with E-state index in [4.69, 9.17) is 9.47 Å². The van der Waals surface area contributed by atoms with E-state index in [1.54, 1.807) is 14.0 Å². The number of carbonyl (C=O) groups is 2. The van der Waals surface area contributed by atoms with Crippen LogP contribution in [0.5, 0.6) is 5.75 Å². The zero-order valence-corrected chi connectivity index (χ0v) is 19.2. The molecule has 0 saturated heterocycles. The number of carbonyl (C=O) groups excluding carboxylic acids is 2. The first kappa shape index (κ1) is 20.9. The quantitative estimate of drug-likeness (QED) is 0.465. The van der Waals surface area contributed by atoms with Crippen molar-refractivity contribution in [1.82, 2.24) is 0 Å². The topological polar surface area (TPSA) is 64.6 Å². The molecule has 0 saturated carbocycles. The second-order valence-corrected chi connectivity index (χ2v) is 9.14. The molecule has 0 atom stereocenters. The van der Waals surface area contributed by atoms with Crippen molar-refractivity contribution >= 4 is 54.9 Å². The molecule has 7 heteroatoms. The Morgan fingerprint density at radius 3 is 2.80 bits per heavy atom. The molecular formula is C23H22BrNO4S. The highest BCUT2D eigenvalue weighted by Gasteiger charge is 2.28. The summed E-state index contributed by atoms with van der Waals surface area (Å²) in [4.78, 5) is 26.7. The van der Waals surface area contributed by atoms with Crippen LogP contribution in [-0.4, -0.2) is 25.6 Å². The molecular weight excluding hydrogens is 466 g/mol. The molecule has 30 heavy (non-hydrogen) atoms. The van der Waals surface area contributed by atoms with E-state index in [1.807, 2.05) is 30.3 Å². The average molecular weight is 488 g/mol. The largest absolute Gasteiger partial charge is 0.496 e. The molecule has 1 aromatic heterocycles. The summed E-state index contributed by atoms with van der Waals surface area (Å²) in [6, 6.07) is 9.79. The summed E-state index contributed by atoms with van der Waals surface area (Å²) < 4.78 is 11.7. The molecule has 1 N–H and O–H groups in total. The SMILES string of the molecule is CCOC(=O)c1c(NC(=O)Cc2c(OC)ccc3cc(Br)ccc23)sc2c1CCC2. The van der Waals surface area contributed by atoms with Crippen LogP contribution in [-0.2, 0) is 28.8 Å². The molecule has 2 aromatic carbocycles. The van der Waals surface area contributed by atoms with Crippen LogP contribution in [0.25, 0.3) is 10.8 Å². The number of benzene rings is 2. The summed E-state index contributed by atoms with van der Waals surface area (Å²) in [5, 5.41) is 5.55. The van der Waals surface area contributed by atoms with Crippen molar-refractivity contribution in [2.45, 2.75) is 32.6 Å². The van der Waals surface area contributed by atoms with Gasteiger partial charge in [0.1, 0.15) is 10.8 Å². The highest BCUT2D eigenvalue weighted by atomic mass is 79.9. The maximum absolute atomic E-state index is 13.0. The normalized spacial score (nSPS) is 12.6. The lowest BCUT2D eigenvalue weighted by Gasteiger charge is -2.13. The first-order valence-corrected chi connectivity index (χ1v) is 11.5. The minimum absolute atomic E-state index is 0.146. The van der Waals surface area contributed by atoms with Crippen LogP contribution in [0.3, 0.4) is 0 Å². The third-order valence-corrected chi connectivity index (χ3v) is 6.96. The number of fused-ring (bicyclic) bond motifs is 2. The fourth-order valence-electron chi connectivity index (χ4n) is 3.96. The van der Waals surface area contributed by atoms with E-state index >= 15 is 0 Å². The standard InChI is InChI=1S/C23H22BrNO4S/c1-3-29-23(27)21-16-5-4-6-19(16)30-22(21)25-20(26)12-17-15-9-8-14(24)11-13(15)7-10-18(17)28-2/h7-11H,3-6,12H2,1-2H3,(H,25,26). The van der Waals surface area contributed by atoms with E-state index in [9.17, 15) is 9.59 Å². The van der Waals surface area contributed by atoms with E-state index in [1.165, 1.54) is 16.2 Å². The Hall–Kier alpha value is -2.38. The van der Waals surface area contributed by atoms with Crippen LogP contribution in [0.1, 0.15) is 39.7 Å². The van der Waals surface area contributed by atoms with Crippen molar-refractivity contribution in [2.75, 3.05) is 19.0 Å². The predicted molar refractivity (Wildman–Crippen MR) is 123 cm³/mol. The van der Waals surface area contributed by atoms with E-state index in [-0.39, 0.29) is 18.3 Å². The van der Waals surface area contributed by atoms with Gasteiger partial charge in [-0.2, -0.15) is 0 Å². The van der Waals surface area contributed by atoms with Crippen molar-refractivity contribution in [3.8, 4) is 5.75 Å². The fraction of sp³-hybridized carbons (Fsp3) is 0.304. The van der Waals surface area contributed by atoms with Gasteiger partial charge >= 0.3 is 5.97 Å². The van der Waals surface area contributed by atoms with Crippen LogP contribution < -0.4 is 10.1 Å². The zero-order chi connectivity index (χ0) is 21.3. The number of anilines is 1. The van der Waals surface area contributed by atoms with E-state index in [0.29, 0.717) is 22.9 Å². The number of nitrogens with one attached hydrogen (secondary N) is 1. The second-order valence-electron chi connectivity index (χ2n) is 7.12. The zero-order valence-electron chi connectivity index (χ0n) is 16.8.